The summed E-state index contributed by atoms with van der Waals surface area (Å²) in [7, 11) is 3.36. The lowest BCUT2D eigenvalue weighted by molar-refractivity contribution is 0.202. The maximum absolute atomic E-state index is 11.4. The molecule has 2 rings (SSSR count). The third-order valence-corrected chi connectivity index (χ3v) is 2.90. The van der Waals surface area contributed by atoms with Gasteiger partial charge >= 0.3 is 6.09 Å². The van der Waals surface area contributed by atoms with E-state index >= 15 is 0 Å². The van der Waals surface area contributed by atoms with Crippen LogP contribution in [0, 0.1) is 0 Å². The number of nitrogens with one attached hydrogen (secondary N) is 1. The molecular formula is C13H18N4O2. The SMILES string of the molecule is CNC(=O)Oc1ccc2c(nnn2C)c1C(C)(C)C. The fourth-order valence-corrected chi connectivity index (χ4v) is 2.04. The van der Waals surface area contributed by atoms with Crippen LogP contribution in [0.2, 0.25) is 0 Å². The minimum Gasteiger partial charge on any atom is -0.410 e. The second-order valence-corrected chi connectivity index (χ2v) is 5.41. The van der Waals surface area contributed by atoms with Gasteiger partial charge in [0.2, 0.25) is 0 Å². The highest BCUT2D eigenvalue weighted by atomic mass is 16.6. The molecule has 0 aliphatic heterocycles. The molecule has 0 saturated carbocycles. The summed E-state index contributed by atoms with van der Waals surface area (Å²) >= 11 is 0. The number of benzene rings is 1. The third kappa shape index (κ3) is 2.38. The van der Waals surface area contributed by atoms with Crippen molar-refractivity contribution in [3.63, 3.8) is 0 Å². The second kappa shape index (κ2) is 4.53. The molecule has 2 aromatic rings. The molecule has 0 aliphatic carbocycles. The number of amides is 1. The molecule has 0 unspecified atom stereocenters. The van der Waals surface area contributed by atoms with Crippen molar-refractivity contribution in [3.8, 4) is 5.75 Å². The van der Waals surface area contributed by atoms with Crippen LogP contribution in [0.5, 0.6) is 5.75 Å². The summed E-state index contributed by atoms with van der Waals surface area (Å²) < 4.78 is 7.01. The van der Waals surface area contributed by atoms with Crippen molar-refractivity contribution in [2.45, 2.75) is 26.2 Å². The van der Waals surface area contributed by atoms with Crippen LogP contribution in [0.1, 0.15) is 26.3 Å². The maximum Gasteiger partial charge on any atom is 0.412 e. The zero-order chi connectivity index (χ0) is 14.2. The third-order valence-electron chi connectivity index (χ3n) is 2.90. The minimum absolute atomic E-state index is 0.209. The van der Waals surface area contributed by atoms with Crippen LogP contribution in [-0.4, -0.2) is 28.1 Å². The molecule has 0 saturated heterocycles. The number of nitrogens with zero attached hydrogens (tertiary/aromatic N) is 3. The molecule has 102 valence electrons. The molecular weight excluding hydrogens is 244 g/mol. The Kier molecular flexibility index (Phi) is 3.18. The summed E-state index contributed by atoms with van der Waals surface area (Å²) in [6, 6.07) is 3.63. The Morgan fingerprint density at radius 2 is 2.05 bits per heavy atom. The van der Waals surface area contributed by atoms with E-state index in [0.717, 1.165) is 16.6 Å². The zero-order valence-electron chi connectivity index (χ0n) is 11.8. The van der Waals surface area contributed by atoms with E-state index in [-0.39, 0.29) is 5.41 Å². The number of fused-ring (bicyclic) bond motifs is 1. The Morgan fingerprint density at radius 3 is 2.63 bits per heavy atom. The summed E-state index contributed by atoms with van der Waals surface area (Å²) in [6.45, 7) is 6.15. The van der Waals surface area contributed by atoms with E-state index in [9.17, 15) is 4.79 Å². The van der Waals surface area contributed by atoms with E-state index < -0.39 is 6.09 Å². The standard InChI is InChI=1S/C13H18N4O2/c1-13(2,3)10-9(19-12(18)14-4)7-6-8-11(10)15-16-17(8)5/h6-7H,1-5H3,(H,14,18). The number of ether oxygens (including phenoxy) is 1. The van der Waals surface area contributed by atoms with Crippen molar-refractivity contribution in [2.24, 2.45) is 7.05 Å². The molecule has 6 heteroatoms. The molecule has 0 radical (unpaired) electrons. The van der Waals surface area contributed by atoms with Crippen molar-refractivity contribution in [2.75, 3.05) is 7.05 Å². The first-order valence-corrected chi connectivity index (χ1v) is 6.07. The van der Waals surface area contributed by atoms with E-state index in [1.165, 1.54) is 7.05 Å². The molecule has 0 spiro atoms. The quantitative estimate of drug-likeness (QED) is 0.853. The van der Waals surface area contributed by atoms with Gasteiger partial charge in [0.1, 0.15) is 11.3 Å². The van der Waals surface area contributed by atoms with Crippen LogP contribution in [0.4, 0.5) is 4.79 Å². The molecule has 0 bridgehead atoms. The molecule has 0 aliphatic rings. The van der Waals surface area contributed by atoms with Crippen LogP contribution in [0.25, 0.3) is 11.0 Å². The fourth-order valence-electron chi connectivity index (χ4n) is 2.04. The molecule has 1 amide bonds. The van der Waals surface area contributed by atoms with Crippen LogP contribution in [0.3, 0.4) is 0 Å². The lowest BCUT2D eigenvalue weighted by atomic mass is 9.85. The topological polar surface area (TPSA) is 69.0 Å². The first kappa shape index (κ1) is 13.3. The Morgan fingerprint density at radius 1 is 1.37 bits per heavy atom. The van der Waals surface area contributed by atoms with Gasteiger partial charge in [-0.1, -0.05) is 26.0 Å². The van der Waals surface area contributed by atoms with Gasteiger partial charge in [0, 0.05) is 19.7 Å². The van der Waals surface area contributed by atoms with Gasteiger partial charge in [0.25, 0.3) is 0 Å². The predicted molar refractivity (Wildman–Crippen MR) is 72.3 cm³/mol. The highest BCUT2D eigenvalue weighted by Crippen LogP contribution is 2.36. The van der Waals surface area contributed by atoms with Gasteiger partial charge in [-0.05, 0) is 17.5 Å². The number of rotatable bonds is 1. The lowest BCUT2D eigenvalue weighted by Gasteiger charge is -2.22. The normalized spacial score (nSPS) is 11.6. The first-order valence-electron chi connectivity index (χ1n) is 6.07. The van der Waals surface area contributed by atoms with Crippen molar-refractivity contribution in [1.82, 2.24) is 20.3 Å². The Hall–Kier alpha value is -2.11. The van der Waals surface area contributed by atoms with Crippen molar-refractivity contribution in [1.29, 1.82) is 0 Å². The Labute approximate surface area is 111 Å². The van der Waals surface area contributed by atoms with Crippen LogP contribution in [-0.2, 0) is 12.5 Å². The van der Waals surface area contributed by atoms with Gasteiger partial charge < -0.3 is 10.1 Å². The fraction of sp³-hybridized carbons (Fsp3) is 0.462. The average molecular weight is 262 g/mol. The smallest absolute Gasteiger partial charge is 0.410 e. The van der Waals surface area contributed by atoms with E-state index in [0.29, 0.717) is 5.75 Å². The van der Waals surface area contributed by atoms with Crippen molar-refractivity contribution in [3.05, 3.63) is 17.7 Å². The summed E-state index contributed by atoms with van der Waals surface area (Å²) in [5, 5.41) is 10.6. The summed E-state index contributed by atoms with van der Waals surface area (Å²) in [4.78, 5) is 11.4. The van der Waals surface area contributed by atoms with Crippen LogP contribution < -0.4 is 10.1 Å². The summed E-state index contributed by atoms with van der Waals surface area (Å²) in [6.07, 6.45) is -0.492. The van der Waals surface area contributed by atoms with Gasteiger partial charge in [0.15, 0.2) is 0 Å². The number of carbonyl (C=O) groups is 1. The number of aromatic nitrogens is 3. The Bertz CT molecular complexity index is 625. The highest BCUT2D eigenvalue weighted by molar-refractivity contribution is 5.83. The monoisotopic (exact) mass is 262 g/mol. The summed E-state index contributed by atoms with van der Waals surface area (Å²) in [5.74, 6) is 0.514. The Balaban J connectivity index is 2.67. The second-order valence-electron chi connectivity index (χ2n) is 5.41. The highest BCUT2D eigenvalue weighted by Gasteiger charge is 2.25. The largest absolute Gasteiger partial charge is 0.412 e. The van der Waals surface area contributed by atoms with Crippen molar-refractivity contribution < 1.29 is 9.53 Å². The molecule has 1 aromatic carbocycles. The lowest BCUT2D eigenvalue weighted by Crippen LogP contribution is -2.24. The van der Waals surface area contributed by atoms with E-state index in [1.54, 1.807) is 10.7 Å². The molecule has 0 fully saturated rings. The zero-order valence-corrected chi connectivity index (χ0v) is 11.8. The predicted octanol–water partition coefficient (Wildman–Crippen LogP) is 1.98. The number of hydrogen-bond donors (Lipinski definition) is 1. The van der Waals surface area contributed by atoms with Gasteiger partial charge in [-0.25, -0.2) is 9.48 Å². The summed E-state index contributed by atoms with van der Waals surface area (Å²) in [5.41, 5.74) is 2.34. The average Bonchev–Trinajstić information content (AvgIpc) is 2.69. The van der Waals surface area contributed by atoms with Gasteiger partial charge in [-0.3, -0.25) is 0 Å². The molecule has 0 atom stereocenters. The molecule has 19 heavy (non-hydrogen) atoms. The van der Waals surface area contributed by atoms with Crippen LogP contribution in [0.15, 0.2) is 12.1 Å². The molecule has 1 N–H and O–H groups in total. The number of aryl methyl sites for hydroxylation is 1. The molecule has 1 aromatic heterocycles. The molecule has 1 heterocycles. The van der Waals surface area contributed by atoms with Crippen LogP contribution >= 0.6 is 0 Å². The molecule has 6 nitrogen and oxygen atoms in total. The van der Waals surface area contributed by atoms with E-state index in [4.69, 9.17) is 4.74 Å². The van der Waals surface area contributed by atoms with Crippen molar-refractivity contribution >= 4 is 17.1 Å². The van der Waals surface area contributed by atoms with Gasteiger partial charge in [-0.2, -0.15) is 0 Å². The van der Waals surface area contributed by atoms with E-state index in [2.05, 4.69) is 15.6 Å². The number of hydrogen-bond acceptors (Lipinski definition) is 4. The maximum atomic E-state index is 11.4. The number of carbonyl (C=O) groups excluding carboxylic acids is 1. The minimum atomic E-state index is -0.492. The first-order chi connectivity index (χ1) is 8.84. The van der Waals surface area contributed by atoms with E-state index in [1.807, 2.05) is 33.9 Å². The van der Waals surface area contributed by atoms with Gasteiger partial charge in [-0.15, -0.1) is 5.10 Å². The van der Waals surface area contributed by atoms with Gasteiger partial charge in [0.05, 0.1) is 5.52 Å².